The normalized spacial score (nSPS) is 11.0. The number of benzene rings is 2. The van der Waals surface area contributed by atoms with Crippen LogP contribution in [0.2, 0.25) is 0 Å². The molecule has 0 atom stereocenters. The first-order chi connectivity index (χ1) is 11.3. The van der Waals surface area contributed by atoms with E-state index in [1.54, 1.807) is 26.0 Å². The van der Waals surface area contributed by atoms with Crippen LogP contribution in [0.3, 0.4) is 0 Å². The number of carbonyl (C=O) groups excluding carboxylic acids is 1. The van der Waals surface area contributed by atoms with Crippen LogP contribution in [0.4, 0.5) is 5.69 Å². The second kappa shape index (κ2) is 7.01. The third kappa shape index (κ3) is 3.82. The molecule has 0 heterocycles. The lowest BCUT2D eigenvalue weighted by atomic mass is 10.0. The fourth-order valence-electron chi connectivity index (χ4n) is 2.53. The zero-order valence-electron chi connectivity index (χ0n) is 14.3. The molecule has 0 spiro atoms. The highest BCUT2D eigenvalue weighted by Gasteiger charge is 2.12. The van der Waals surface area contributed by atoms with Crippen LogP contribution in [0.5, 0.6) is 5.75 Å². The number of aryl methyl sites for hydroxylation is 4. The average molecular weight is 320 g/mol. The predicted octanol–water partition coefficient (Wildman–Crippen LogP) is 4.17. The number of carbonyl (C=O) groups is 1. The van der Waals surface area contributed by atoms with Crippen LogP contribution >= 0.6 is 0 Å². The number of rotatable bonds is 3. The van der Waals surface area contributed by atoms with Gasteiger partial charge >= 0.3 is 0 Å². The molecule has 0 bridgehead atoms. The number of aromatic hydroxyl groups is 1. The third-order valence-corrected chi connectivity index (χ3v) is 3.82. The number of amides is 1. The molecule has 0 saturated heterocycles. The van der Waals surface area contributed by atoms with Crippen LogP contribution in [0, 0.1) is 39.0 Å². The van der Waals surface area contributed by atoms with Crippen LogP contribution in [0.1, 0.15) is 27.8 Å². The molecule has 24 heavy (non-hydrogen) atoms. The van der Waals surface area contributed by atoms with E-state index in [-0.39, 0.29) is 11.3 Å². The van der Waals surface area contributed by atoms with Crippen LogP contribution in [0.25, 0.3) is 6.08 Å². The summed E-state index contributed by atoms with van der Waals surface area (Å²) < 4.78 is 0. The Labute approximate surface area is 142 Å². The molecular formula is C20H20N2O2. The summed E-state index contributed by atoms with van der Waals surface area (Å²) in [6.45, 7) is 7.45. The average Bonchev–Trinajstić information content (AvgIpc) is 2.52. The summed E-state index contributed by atoms with van der Waals surface area (Å²) in [5.74, 6) is -0.224. The van der Waals surface area contributed by atoms with Crippen molar-refractivity contribution < 1.29 is 9.90 Å². The van der Waals surface area contributed by atoms with Crippen LogP contribution in [-0.4, -0.2) is 11.0 Å². The maximum atomic E-state index is 12.4. The van der Waals surface area contributed by atoms with E-state index in [9.17, 15) is 15.2 Å². The minimum Gasteiger partial charge on any atom is -0.507 e. The molecule has 2 aromatic rings. The Hall–Kier alpha value is -3.06. The molecule has 4 nitrogen and oxygen atoms in total. The number of hydrogen-bond acceptors (Lipinski definition) is 3. The molecule has 0 aliphatic carbocycles. The van der Waals surface area contributed by atoms with E-state index >= 15 is 0 Å². The van der Waals surface area contributed by atoms with Crippen molar-refractivity contribution in [2.24, 2.45) is 0 Å². The van der Waals surface area contributed by atoms with Gasteiger partial charge in [-0.15, -0.1) is 0 Å². The van der Waals surface area contributed by atoms with Gasteiger partial charge in [0.1, 0.15) is 17.4 Å². The summed E-state index contributed by atoms with van der Waals surface area (Å²) in [5, 5.41) is 21.9. The molecule has 4 heteroatoms. The molecule has 0 unspecified atom stereocenters. The van der Waals surface area contributed by atoms with E-state index in [4.69, 9.17) is 0 Å². The quantitative estimate of drug-likeness (QED) is 0.658. The molecule has 122 valence electrons. The molecule has 0 fully saturated rings. The molecule has 0 aliphatic rings. The first-order valence-electron chi connectivity index (χ1n) is 7.62. The highest BCUT2D eigenvalue weighted by molar-refractivity contribution is 6.10. The van der Waals surface area contributed by atoms with Gasteiger partial charge < -0.3 is 10.4 Å². The van der Waals surface area contributed by atoms with Gasteiger partial charge in [-0.1, -0.05) is 17.7 Å². The van der Waals surface area contributed by atoms with E-state index in [0.29, 0.717) is 22.4 Å². The van der Waals surface area contributed by atoms with Gasteiger partial charge in [-0.3, -0.25) is 4.79 Å². The predicted molar refractivity (Wildman–Crippen MR) is 95.7 cm³/mol. The van der Waals surface area contributed by atoms with E-state index in [2.05, 4.69) is 5.32 Å². The topological polar surface area (TPSA) is 73.1 Å². The lowest BCUT2D eigenvalue weighted by Gasteiger charge is -2.09. The van der Waals surface area contributed by atoms with Crippen molar-refractivity contribution in [3.05, 3.63) is 63.7 Å². The fourth-order valence-corrected chi connectivity index (χ4v) is 2.53. The van der Waals surface area contributed by atoms with Gasteiger partial charge in [-0.2, -0.15) is 5.26 Å². The SMILES string of the molecule is Cc1ccc(NC(=O)/C(C#N)=C\c2cc(C)c(O)c(C)c2)c(C)c1. The molecule has 0 radical (unpaired) electrons. The highest BCUT2D eigenvalue weighted by Crippen LogP contribution is 2.24. The minimum atomic E-state index is -0.451. The first-order valence-corrected chi connectivity index (χ1v) is 7.62. The Kier molecular flexibility index (Phi) is 5.05. The van der Waals surface area contributed by atoms with Gasteiger partial charge in [0.25, 0.3) is 5.91 Å². The fraction of sp³-hybridized carbons (Fsp3) is 0.200. The summed E-state index contributed by atoms with van der Waals surface area (Å²) in [7, 11) is 0. The first kappa shape index (κ1) is 17.3. The van der Waals surface area contributed by atoms with Crippen LogP contribution in [0.15, 0.2) is 35.9 Å². The van der Waals surface area contributed by atoms with E-state index in [0.717, 1.165) is 11.1 Å². The molecule has 0 aliphatic heterocycles. The Balaban J connectivity index is 2.31. The monoisotopic (exact) mass is 320 g/mol. The van der Waals surface area contributed by atoms with Gasteiger partial charge in [0.2, 0.25) is 0 Å². The number of phenolic OH excluding ortho intramolecular Hbond substituents is 1. The number of nitrogens with one attached hydrogen (secondary N) is 1. The Bertz CT molecular complexity index is 851. The molecule has 1 amide bonds. The zero-order chi connectivity index (χ0) is 17.9. The standard InChI is InChI=1S/C20H20N2O2/c1-12-5-6-18(13(2)7-12)22-20(24)17(11-21)10-16-8-14(3)19(23)15(4)9-16/h5-10,23H,1-4H3,(H,22,24)/b17-10-. The van der Waals surface area contributed by atoms with Crippen LogP contribution in [-0.2, 0) is 4.79 Å². The Morgan fingerprint density at radius 1 is 1.08 bits per heavy atom. The van der Waals surface area contributed by atoms with Gasteiger partial charge in [0, 0.05) is 5.69 Å². The van der Waals surface area contributed by atoms with Crippen molar-refractivity contribution in [1.82, 2.24) is 0 Å². The Morgan fingerprint density at radius 3 is 2.25 bits per heavy atom. The number of hydrogen-bond donors (Lipinski definition) is 2. The summed E-state index contributed by atoms with van der Waals surface area (Å²) in [6, 6.07) is 11.1. The van der Waals surface area contributed by atoms with Gasteiger partial charge in [-0.25, -0.2) is 0 Å². The third-order valence-electron chi connectivity index (χ3n) is 3.82. The molecule has 2 aromatic carbocycles. The van der Waals surface area contributed by atoms with Crippen molar-refractivity contribution in [2.45, 2.75) is 27.7 Å². The zero-order valence-corrected chi connectivity index (χ0v) is 14.3. The van der Waals surface area contributed by atoms with Crippen molar-refractivity contribution in [2.75, 3.05) is 5.32 Å². The number of nitrogens with zero attached hydrogens (tertiary/aromatic N) is 1. The molecular weight excluding hydrogens is 300 g/mol. The van der Waals surface area contributed by atoms with Crippen molar-refractivity contribution in [1.29, 1.82) is 5.26 Å². The van der Waals surface area contributed by atoms with Crippen molar-refractivity contribution in [3.8, 4) is 11.8 Å². The van der Waals surface area contributed by atoms with Crippen LogP contribution < -0.4 is 5.32 Å². The largest absolute Gasteiger partial charge is 0.507 e. The highest BCUT2D eigenvalue weighted by atomic mass is 16.3. The number of nitriles is 1. The van der Waals surface area contributed by atoms with E-state index in [1.807, 2.05) is 38.1 Å². The summed E-state index contributed by atoms with van der Waals surface area (Å²) in [5.41, 5.74) is 4.86. The summed E-state index contributed by atoms with van der Waals surface area (Å²) in [6.07, 6.45) is 1.53. The van der Waals surface area contributed by atoms with Gasteiger partial charge in [0.05, 0.1) is 0 Å². The lowest BCUT2D eigenvalue weighted by molar-refractivity contribution is -0.112. The van der Waals surface area contributed by atoms with Gasteiger partial charge in [0.15, 0.2) is 0 Å². The van der Waals surface area contributed by atoms with Gasteiger partial charge in [-0.05, 0) is 74.2 Å². The molecule has 0 saturated carbocycles. The summed E-state index contributed by atoms with van der Waals surface area (Å²) in [4.78, 5) is 12.4. The van der Waals surface area contributed by atoms with Crippen molar-refractivity contribution in [3.63, 3.8) is 0 Å². The maximum absolute atomic E-state index is 12.4. The second-order valence-electron chi connectivity index (χ2n) is 5.95. The minimum absolute atomic E-state index is 0.0134. The van der Waals surface area contributed by atoms with E-state index < -0.39 is 5.91 Å². The molecule has 2 N–H and O–H groups in total. The molecule has 0 aromatic heterocycles. The lowest BCUT2D eigenvalue weighted by Crippen LogP contribution is -2.14. The second-order valence-corrected chi connectivity index (χ2v) is 5.95. The Morgan fingerprint density at radius 2 is 1.71 bits per heavy atom. The number of anilines is 1. The maximum Gasteiger partial charge on any atom is 0.266 e. The number of phenols is 1. The van der Waals surface area contributed by atoms with Crippen molar-refractivity contribution >= 4 is 17.7 Å². The summed E-state index contributed by atoms with van der Waals surface area (Å²) >= 11 is 0. The smallest absolute Gasteiger partial charge is 0.266 e. The molecule has 2 rings (SSSR count). The van der Waals surface area contributed by atoms with E-state index in [1.165, 1.54) is 6.08 Å².